The van der Waals surface area contributed by atoms with Gasteiger partial charge in [-0.05, 0) is 36.8 Å². The second-order valence-electron chi connectivity index (χ2n) is 7.25. The minimum atomic E-state index is -0.219. The highest BCUT2D eigenvalue weighted by Crippen LogP contribution is 2.14. The van der Waals surface area contributed by atoms with Gasteiger partial charge in [0.15, 0.2) is 5.65 Å². The van der Waals surface area contributed by atoms with Gasteiger partial charge in [0, 0.05) is 19.5 Å². The molecule has 31 heavy (non-hydrogen) atoms. The lowest BCUT2D eigenvalue weighted by Crippen LogP contribution is -2.27. The second kappa shape index (κ2) is 8.83. The third-order valence-electron chi connectivity index (χ3n) is 5.04. The lowest BCUT2D eigenvalue weighted by atomic mass is 10.2. The molecule has 4 aromatic rings. The van der Waals surface area contributed by atoms with Gasteiger partial charge in [0.2, 0.25) is 5.91 Å². The van der Waals surface area contributed by atoms with Crippen LogP contribution < -0.4 is 15.6 Å². The van der Waals surface area contributed by atoms with Crippen LogP contribution in [0, 0.1) is 6.92 Å². The highest BCUT2D eigenvalue weighted by atomic mass is 16.5. The van der Waals surface area contributed by atoms with E-state index in [-0.39, 0.29) is 24.4 Å². The van der Waals surface area contributed by atoms with Crippen molar-refractivity contribution in [3.05, 3.63) is 82.5 Å². The van der Waals surface area contributed by atoms with Gasteiger partial charge in [-0.15, -0.1) is 0 Å². The van der Waals surface area contributed by atoms with Crippen LogP contribution in [0.2, 0.25) is 0 Å². The van der Waals surface area contributed by atoms with Crippen molar-refractivity contribution >= 4 is 16.9 Å². The molecule has 2 aromatic carbocycles. The Morgan fingerprint density at radius 2 is 1.97 bits per heavy atom. The van der Waals surface area contributed by atoms with Gasteiger partial charge in [-0.3, -0.25) is 14.2 Å². The van der Waals surface area contributed by atoms with Crippen molar-refractivity contribution in [3.63, 3.8) is 0 Å². The molecule has 0 aliphatic carbocycles. The highest BCUT2D eigenvalue weighted by Gasteiger charge is 2.12. The number of nitrogens with one attached hydrogen (secondary N) is 1. The number of hydrogen-bond acceptors (Lipinski definition) is 5. The molecule has 0 radical (unpaired) electrons. The standard InChI is InChI=1S/C23H23N5O3/c1-16-6-8-18(9-7-16)28-22-20(14-26-28)23(30)27(15-25-22)11-10-21(29)24-13-17-4-3-5-19(12-17)31-2/h3-9,12,14-15H,10-11,13H2,1-2H3,(H,24,29). The molecule has 0 aliphatic heterocycles. The number of aromatic nitrogens is 4. The molecule has 0 aliphatic rings. The van der Waals surface area contributed by atoms with E-state index in [2.05, 4.69) is 15.4 Å². The normalized spacial score (nSPS) is 10.9. The predicted molar refractivity (Wildman–Crippen MR) is 117 cm³/mol. The average molecular weight is 417 g/mol. The van der Waals surface area contributed by atoms with Gasteiger partial charge < -0.3 is 10.1 Å². The van der Waals surface area contributed by atoms with E-state index < -0.39 is 0 Å². The largest absolute Gasteiger partial charge is 0.497 e. The maximum absolute atomic E-state index is 12.8. The first-order valence-electron chi connectivity index (χ1n) is 9.95. The Morgan fingerprint density at radius 3 is 2.74 bits per heavy atom. The number of ether oxygens (including phenoxy) is 1. The van der Waals surface area contributed by atoms with E-state index in [1.165, 1.54) is 17.1 Å². The highest BCUT2D eigenvalue weighted by molar-refractivity contribution is 5.76. The number of rotatable bonds is 7. The molecule has 2 heterocycles. The lowest BCUT2D eigenvalue weighted by molar-refractivity contribution is -0.121. The number of nitrogens with zero attached hydrogens (tertiary/aromatic N) is 4. The smallest absolute Gasteiger partial charge is 0.264 e. The topological polar surface area (TPSA) is 91.0 Å². The Bertz CT molecular complexity index is 1270. The number of hydrogen-bond donors (Lipinski definition) is 1. The SMILES string of the molecule is COc1cccc(CNC(=O)CCn2cnc3c(cnn3-c3ccc(C)cc3)c2=O)c1. The van der Waals surface area contributed by atoms with Gasteiger partial charge in [-0.25, -0.2) is 9.67 Å². The van der Waals surface area contributed by atoms with Crippen molar-refractivity contribution in [1.29, 1.82) is 0 Å². The Morgan fingerprint density at radius 1 is 1.16 bits per heavy atom. The monoisotopic (exact) mass is 417 g/mol. The number of carbonyl (C=O) groups excluding carboxylic acids is 1. The molecule has 0 bridgehead atoms. The second-order valence-corrected chi connectivity index (χ2v) is 7.25. The molecule has 0 spiro atoms. The van der Waals surface area contributed by atoms with E-state index in [1.54, 1.807) is 11.8 Å². The number of fused-ring (bicyclic) bond motifs is 1. The van der Waals surface area contributed by atoms with Crippen molar-refractivity contribution in [2.45, 2.75) is 26.4 Å². The van der Waals surface area contributed by atoms with Crippen LogP contribution in [0.15, 0.2) is 65.8 Å². The fourth-order valence-electron chi connectivity index (χ4n) is 3.28. The third-order valence-corrected chi connectivity index (χ3v) is 5.04. The van der Waals surface area contributed by atoms with Gasteiger partial charge >= 0.3 is 0 Å². The Balaban J connectivity index is 1.43. The van der Waals surface area contributed by atoms with Crippen molar-refractivity contribution in [1.82, 2.24) is 24.6 Å². The zero-order valence-electron chi connectivity index (χ0n) is 17.4. The van der Waals surface area contributed by atoms with Crippen LogP contribution in [0.5, 0.6) is 5.75 Å². The van der Waals surface area contributed by atoms with Gasteiger partial charge in [0.1, 0.15) is 11.1 Å². The average Bonchev–Trinajstić information content (AvgIpc) is 3.23. The van der Waals surface area contributed by atoms with E-state index in [9.17, 15) is 9.59 Å². The molecule has 0 unspecified atom stereocenters. The molecule has 8 heteroatoms. The van der Waals surface area contributed by atoms with Crippen molar-refractivity contribution in [3.8, 4) is 11.4 Å². The van der Waals surface area contributed by atoms with Crippen molar-refractivity contribution < 1.29 is 9.53 Å². The fraction of sp³-hybridized carbons (Fsp3) is 0.217. The van der Waals surface area contributed by atoms with Crippen LogP contribution in [0.25, 0.3) is 16.7 Å². The zero-order chi connectivity index (χ0) is 21.8. The molecule has 4 rings (SSSR count). The molecule has 0 saturated heterocycles. The molecule has 0 fully saturated rings. The van der Waals surface area contributed by atoms with Crippen LogP contribution in [0.4, 0.5) is 0 Å². The molecule has 8 nitrogen and oxygen atoms in total. The molecule has 1 amide bonds. The Kier molecular flexibility index (Phi) is 5.79. The molecule has 158 valence electrons. The minimum absolute atomic E-state index is 0.148. The summed E-state index contributed by atoms with van der Waals surface area (Å²) >= 11 is 0. The summed E-state index contributed by atoms with van der Waals surface area (Å²) in [5.41, 5.74) is 3.19. The van der Waals surface area contributed by atoms with Crippen molar-refractivity contribution in [2.75, 3.05) is 7.11 Å². The van der Waals surface area contributed by atoms with E-state index >= 15 is 0 Å². The minimum Gasteiger partial charge on any atom is -0.497 e. The summed E-state index contributed by atoms with van der Waals surface area (Å²) in [6, 6.07) is 15.3. The third kappa shape index (κ3) is 4.48. The Labute approximate surface area is 179 Å². The zero-order valence-corrected chi connectivity index (χ0v) is 17.4. The van der Waals surface area contributed by atoms with E-state index in [0.717, 1.165) is 22.6 Å². The predicted octanol–water partition coefficient (Wildman–Crippen LogP) is 2.61. The van der Waals surface area contributed by atoms with Crippen molar-refractivity contribution in [2.24, 2.45) is 0 Å². The first kappa shape index (κ1) is 20.3. The molecular weight excluding hydrogens is 394 g/mol. The summed E-state index contributed by atoms with van der Waals surface area (Å²) in [6.45, 7) is 2.64. The number of benzene rings is 2. The maximum atomic E-state index is 12.8. The summed E-state index contributed by atoms with van der Waals surface area (Å²) in [4.78, 5) is 29.5. The van der Waals surface area contributed by atoms with Gasteiger partial charge in [0.25, 0.3) is 5.56 Å². The number of aryl methyl sites for hydroxylation is 2. The maximum Gasteiger partial charge on any atom is 0.264 e. The molecule has 1 N–H and O–H groups in total. The number of amides is 1. The first-order valence-corrected chi connectivity index (χ1v) is 9.95. The van der Waals surface area contributed by atoms with Crippen LogP contribution >= 0.6 is 0 Å². The van der Waals surface area contributed by atoms with Crippen LogP contribution in [-0.4, -0.2) is 32.3 Å². The Hall–Kier alpha value is -3.94. The lowest BCUT2D eigenvalue weighted by Gasteiger charge is -2.08. The van der Waals surface area contributed by atoms with E-state index in [4.69, 9.17) is 4.74 Å². The van der Waals surface area contributed by atoms with Gasteiger partial charge in [-0.1, -0.05) is 29.8 Å². The summed E-state index contributed by atoms with van der Waals surface area (Å²) in [5.74, 6) is 0.592. The molecule has 0 atom stereocenters. The quantitative estimate of drug-likeness (QED) is 0.499. The van der Waals surface area contributed by atoms with E-state index in [1.807, 2.05) is 55.5 Å². The fourth-order valence-corrected chi connectivity index (χ4v) is 3.28. The summed E-state index contributed by atoms with van der Waals surface area (Å²) in [5, 5.41) is 7.60. The summed E-state index contributed by atoms with van der Waals surface area (Å²) in [6.07, 6.45) is 3.15. The van der Waals surface area contributed by atoms with Gasteiger partial charge in [0.05, 0.1) is 25.3 Å². The van der Waals surface area contributed by atoms with E-state index in [0.29, 0.717) is 17.6 Å². The summed E-state index contributed by atoms with van der Waals surface area (Å²) < 4.78 is 8.27. The van der Waals surface area contributed by atoms with Crippen LogP contribution in [-0.2, 0) is 17.9 Å². The summed E-state index contributed by atoms with van der Waals surface area (Å²) in [7, 11) is 1.60. The molecule has 2 aromatic heterocycles. The molecule has 0 saturated carbocycles. The number of methoxy groups -OCH3 is 1. The first-order chi connectivity index (χ1) is 15.0. The molecular formula is C23H23N5O3. The van der Waals surface area contributed by atoms with Crippen LogP contribution in [0.1, 0.15) is 17.5 Å². The number of carbonyl (C=O) groups is 1. The van der Waals surface area contributed by atoms with Crippen LogP contribution in [0.3, 0.4) is 0 Å². The van der Waals surface area contributed by atoms with Gasteiger partial charge in [-0.2, -0.15) is 5.10 Å².